The van der Waals surface area contributed by atoms with Crippen molar-refractivity contribution in [3.05, 3.63) is 100 Å². The molecule has 156 valence electrons. The first-order valence-electron chi connectivity index (χ1n) is 9.78. The number of hydrogen-bond acceptors (Lipinski definition) is 2. The molecule has 3 N–H and O–H groups in total. The van der Waals surface area contributed by atoms with Crippen LogP contribution in [0.25, 0.3) is 10.9 Å². The van der Waals surface area contributed by atoms with Crippen LogP contribution in [0.2, 0.25) is 0 Å². The van der Waals surface area contributed by atoms with Gasteiger partial charge in [0.1, 0.15) is 5.82 Å². The van der Waals surface area contributed by atoms with Crippen molar-refractivity contribution in [3.63, 3.8) is 0 Å². The first-order valence-corrected chi connectivity index (χ1v) is 10.6. The quantitative estimate of drug-likeness (QED) is 0.261. The maximum atomic E-state index is 14.0. The Labute approximate surface area is 187 Å². The molecule has 0 saturated heterocycles. The number of halogens is 2. The zero-order valence-corrected chi connectivity index (χ0v) is 18.1. The minimum atomic E-state index is -0.582. The Morgan fingerprint density at radius 2 is 1.74 bits per heavy atom. The van der Waals surface area contributed by atoms with E-state index in [1.54, 1.807) is 12.1 Å². The minimum Gasteiger partial charge on any atom is -0.361 e. The molecule has 0 atom stereocenters. The van der Waals surface area contributed by atoms with Crippen LogP contribution >= 0.6 is 15.9 Å². The molecule has 4 rings (SSSR count). The van der Waals surface area contributed by atoms with E-state index >= 15 is 0 Å². The van der Waals surface area contributed by atoms with Crippen molar-refractivity contribution in [1.29, 1.82) is 0 Å². The fourth-order valence-corrected chi connectivity index (χ4v) is 3.49. The van der Waals surface area contributed by atoms with Gasteiger partial charge >= 0.3 is 0 Å². The number of carbonyl (C=O) groups excluding carboxylic acids is 1. The number of benzene rings is 3. The topological polar surface area (TPSA) is 69.3 Å². The number of para-hydroxylation sites is 1. The van der Waals surface area contributed by atoms with Gasteiger partial charge in [0.2, 0.25) is 5.96 Å². The van der Waals surface area contributed by atoms with E-state index in [4.69, 9.17) is 0 Å². The van der Waals surface area contributed by atoms with Crippen molar-refractivity contribution in [2.45, 2.75) is 6.42 Å². The Balaban J connectivity index is 1.52. The van der Waals surface area contributed by atoms with Crippen molar-refractivity contribution in [2.24, 2.45) is 4.99 Å². The highest BCUT2D eigenvalue weighted by atomic mass is 79.9. The molecule has 0 aliphatic carbocycles. The van der Waals surface area contributed by atoms with E-state index < -0.39 is 11.7 Å². The van der Waals surface area contributed by atoms with Gasteiger partial charge in [-0.2, -0.15) is 0 Å². The number of guanidine groups is 1. The summed E-state index contributed by atoms with van der Waals surface area (Å²) < 4.78 is 15.0. The van der Waals surface area contributed by atoms with Gasteiger partial charge < -0.3 is 10.3 Å². The third-order valence-electron chi connectivity index (χ3n) is 4.78. The van der Waals surface area contributed by atoms with Gasteiger partial charge in [-0.25, -0.2) is 4.39 Å². The van der Waals surface area contributed by atoms with E-state index in [9.17, 15) is 9.18 Å². The molecule has 0 bridgehead atoms. The summed E-state index contributed by atoms with van der Waals surface area (Å²) in [5.41, 5.74) is 2.93. The number of anilines is 1. The molecule has 0 aliphatic rings. The molecule has 3 aromatic carbocycles. The molecule has 0 spiro atoms. The summed E-state index contributed by atoms with van der Waals surface area (Å²) in [5.74, 6) is -0.884. The average molecular weight is 479 g/mol. The zero-order valence-electron chi connectivity index (χ0n) is 16.5. The molecule has 0 fully saturated rings. The van der Waals surface area contributed by atoms with Gasteiger partial charge in [0.25, 0.3) is 5.91 Å². The highest BCUT2D eigenvalue weighted by Crippen LogP contribution is 2.18. The number of nitrogens with one attached hydrogen (secondary N) is 3. The van der Waals surface area contributed by atoms with Crippen LogP contribution in [0.5, 0.6) is 0 Å². The van der Waals surface area contributed by atoms with Crippen LogP contribution in [0, 0.1) is 5.82 Å². The predicted molar refractivity (Wildman–Crippen MR) is 126 cm³/mol. The average Bonchev–Trinajstić information content (AvgIpc) is 3.19. The molecule has 1 amide bonds. The van der Waals surface area contributed by atoms with Gasteiger partial charge in [0, 0.05) is 33.8 Å². The largest absolute Gasteiger partial charge is 0.361 e. The predicted octanol–water partition coefficient (Wildman–Crippen LogP) is 5.51. The molecule has 1 heterocycles. The highest BCUT2D eigenvalue weighted by Gasteiger charge is 2.13. The molecule has 4 aromatic rings. The Hall–Kier alpha value is -3.45. The summed E-state index contributed by atoms with van der Waals surface area (Å²) in [5, 5.41) is 6.95. The standard InChI is InChI=1S/C24H20BrFN4O/c25-17-9-11-18(12-10-17)29-24(30-23(31)20-6-1-3-7-21(20)26)27-14-13-16-15-28-22-8-4-2-5-19(16)22/h1-12,15,28H,13-14H2,(H2,27,29,30,31). The van der Waals surface area contributed by atoms with Crippen LogP contribution in [0.1, 0.15) is 15.9 Å². The smallest absolute Gasteiger partial charge is 0.260 e. The molecule has 5 nitrogen and oxygen atoms in total. The number of fused-ring (bicyclic) bond motifs is 1. The number of aliphatic imine (C=N–C) groups is 1. The second-order valence-electron chi connectivity index (χ2n) is 6.91. The van der Waals surface area contributed by atoms with Crippen molar-refractivity contribution >= 4 is 44.4 Å². The van der Waals surface area contributed by atoms with E-state index in [1.807, 2.05) is 48.7 Å². The van der Waals surface area contributed by atoms with E-state index in [0.717, 1.165) is 26.6 Å². The Morgan fingerprint density at radius 3 is 2.55 bits per heavy atom. The molecule has 31 heavy (non-hydrogen) atoms. The third-order valence-corrected chi connectivity index (χ3v) is 5.31. The van der Waals surface area contributed by atoms with Crippen LogP contribution < -0.4 is 10.6 Å². The van der Waals surface area contributed by atoms with E-state index in [2.05, 4.69) is 42.6 Å². The van der Waals surface area contributed by atoms with Crippen LogP contribution in [0.3, 0.4) is 0 Å². The van der Waals surface area contributed by atoms with Crippen molar-refractivity contribution in [2.75, 3.05) is 11.9 Å². The lowest BCUT2D eigenvalue weighted by atomic mass is 10.1. The van der Waals surface area contributed by atoms with Gasteiger partial charge in [-0.15, -0.1) is 0 Å². The number of H-pyrrole nitrogens is 1. The van der Waals surface area contributed by atoms with Crippen molar-refractivity contribution in [3.8, 4) is 0 Å². The van der Waals surface area contributed by atoms with Gasteiger partial charge in [0.15, 0.2) is 0 Å². The normalized spacial score (nSPS) is 11.5. The Kier molecular flexibility index (Phi) is 6.43. The van der Waals surface area contributed by atoms with E-state index in [-0.39, 0.29) is 11.5 Å². The van der Waals surface area contributed by atoms with Crippen LogP contribution in [0.15, 0.2) is 88.5 Å². The lowest BCUT2D eigenvalue weighted by Gasteiger charge is -2.12. The highest BCUT2D eigenvalue weighted by molar-refractivity contribution is 9.10. The minimum absolute atomic E-state index is 0.0376. The monoisotopic (exact) mass is 478 g/mol. The van der Waals surface area contributed by atoms with Crippen molar-refractivity contribution < 1.29 is 9.18 Å². The zero-order chi connectivity index (χ0) is 21.6. The third kappa shape index (κ3) is 5.19. The Bertz CT molecular complexity index is 1230. The number of rotatable bonds is 5. The number of nitrogens with zero attached hydrogens (tertiary/aromatic N) is 1. The SMILES string of the molecule is O=C(NC(=NCCc1c[nH]c2ccccc12)Nc1ccc(Br)cc1)c1ccccc1F. The number of amides is 1. The molecule has 0 aliphatic heterocycles. The van der Waals surface area contributed by atoms with E-state index in [0.29, 0.717) is 13.0 Å². The van der Waals surface area contributed by atoms with E-state index in [1.165, 1.54) is 12.1 Å². The summed E-state index contributed by atoms with van der Waals surface area (Å²) in [6.07, 6.45) is 2.66. The fraction of sp³-hybridized carbons (Fsp3) is 0.0833. The summed E-state index contributed by atoms with van der Waals surface area (Å²) in [6.45, 7) is 0.443. The maximum absolute atomic E-state index is 14.0. The summed E-state index contributed by atoms with van der Waals surface area (Å²) >= 11 is 3.40. The fourth-order valence-electron chi connectivity index (χ4n) is 3.23. The summed E-state index contributed by atoms with van der Waals surface area (Å²) in [4.78, 5) is 20.4. The molecular weight excluding hydrogens is 459 g/mol. The summed E-state index contributed by atoms with van der Waals surface area (Å²) in [6, 6.07) is 21.4. The maximum Gasteiger partial charge on any atom is 0.260 e. The lowest BCUT2D eigenvalue weighted by Crippen LogP contribution is -2.36. The van der Waals surface area contributed by atoms with Crippen LogP contribution in [-0.4, -0.2) is 23.4 Å². The molecular formula is C24H20BrFN4O. The first-order chi connectivity index (χ1) is 15.1. The molecule has 0 unspecified atom stereocenters. The van der Waals surface area contributed by atoms with Gasteiger partial charge in [-0.3, -0.25) is 15.1 Å². The second-order valence-corrected chi connectivity index (χ2v) is 7.82. The van der Waals surface area contributed by atoms with Gasteiger partial charge in [-0.05, 0) is 54.4 Å². The lowest BCUT2D eigenvalue weighted by molar-refractivity contribution is 0.0973. The van der Waals surface area contributed by atoms with Gasteiger partial charge in [0.05, 0.1) is 5.56 Å². The van der Waals surface area contributed by atoms with Crippen molar-refractivity contribution in [1.82, 2.24) is 10.3 Å². The first kappa shape index (κ1) is 20.8. The molecule has 0 saturated carbocycles. The van der Waals surface area contributed by atoms with Gasteiger partial charge in [-0.1, -0.05) is 46.3 Å². The Morgan fingerprint density at radius 1 is 1.00 bits per heavy atom. The molecule has 7 heteroatoms. The second kappa shape index (κ2) is 9.57. The number of aromatic amines is 1. The molecule has 1 aromatic heterocycles. The summed E-state index contributed by atoms with van der Waals surface area (Å²) in [7, 11) is 0. The van der Waals surface area contributed by atoms with Crippen LogP contribution in [0.4, 0.5) is 10.1 Å². The number of aromatic nitrogens is 1. The number of carbonyl (C=O) groups is 1. The van der Waals surface area contributed by atoms with Crippen LogP contribution in [-0.2, 0) is 6.42 Å². The number of hydrogen-bond donors (Lipinski definition) is 3. The molecule has 0 radical (unpaired) electrons.